The molecule has 1 N–H and O–H groups in total. The fourth-order valence-corrected chi connectivity index (χ4v) is 2.66. The monoisotopic (exact) mass is 320 g/mol. The Labute approximate surface area is 99.6 Å². The highest BCUT2D eigenvalue weighted by Gasteiger charge is 2.12. The van der Waals surface area contributed by atoms with E-state index in [0.29, 0.717) is 10.9 Å². The number of aromatic carboxylic acids is 1. The van der Waals surface area contributed by atoms with E-state index in [2.05, 4.69) is 31.9 Å². The zero-order valence-electron chi connectivity index (χ0n) is 7.68. The van der Waals surface area contributed by atoms with Gasteiger partial charge in [0, 0.05) is 10.7 Å². The zero-order valence-corrected chi connectivity index (χ0v) is 10.9. The van der Waals surface area contributed by atoms with Crippen molar-refractivity contribution in [3.63, 3.8) is 0 Å². The summed E-state index contributed by atoms with van der Waals surface area (Å²) in [6, 6.07) is 3.50. The lowest BCUT2D eigenvalue weighted by Gasteiger charge is -2.10. The molecular formula is C10H10Br2O2. The van der Waals surface area contributed by atoms with E-state index in [1.165, 1.54) is 0 Å². The van der Waals surface area contributed by atoms with Crippen LogP contribution in [-0.2, 0) is 10.7 Å². The molecule has 0 fully saturated rings. The van der Waals surface area contributed by atoms with Crippen LogP contribution in [0.1, 0.15) is 27.0 Å². The van der Waals surface area contributed by atoms with E-state index in [1.54, 1.807) is 6.07 Å². The average Bonchev–Trinajstić information content (AvgIpc) is 2.16. The first-order valence-electron chi connectivity index (χ1n) is 4.08. The summed E-state index contributed by atoms with van der Waals surface area (Å²) in [5.74, 6) is -0.870. The van der Waals surface area contributed by atoms with Crippen LogP contribution in [0.4, 0.5) is 0 Å². The van der Waals surface area contributed by atoms with Crippen molar-refractivity contribution in [2.75, 3.05) is 0 Å². The van der Waals surface area contributed by atoms with Crippen molar-refractivity contribution < 1.29 is 9.90 Å². The van der Waals surface area contributed by atoms with Crippen LogP contribution in [0.15, 0.2) is 12.1 Å². The molecule has 0 aliphatic heterocycles. The van der Waals surface area contributed by atoms with Crippen LogP contribution in [0.5, 0.6) is 0 Å². The zero-order chi connectivity index (χ0) is 10.7. The Kier molecular flexibility index (Phi) is 4.13. The Morgan fingerprint density at radius 1 is 1.36 bits per heavy atom. The highest BCUT2D eigenvalue weighted by Crippen LogP contribution is 2.23. The van der Waals surface area contributed by atoms with Gasteiger partial charge in [0.25, 0.3) is 0 Å². The summed E-state index contributed by atoms with van der Waals surface area (Å²) in [6.07, 6.45) is 0. The number of hydrogen-bond donors (Lipinski definition) is 1. The van der Waals surface area contributed by atoms with Crippen molar-refractivity contribution >= 4 is 37.8 Å². The topological polar surface area (TPSA) is 37.3 Å². The van der Waals surface area contributed by atoms with Gasteiger partial charge in [-0.05, 0) is 29.7 Å². The van der Waals surface area contributed by atoms with Gasteiger partial charge in [-0.2, -0.15) is 0 Å². The Bertz CT molecular complexity index is 361. The summed E-state index contributed by atoms with van der Waals surface area (Å²) in [5, 5.41) is 10.3. The highest BCUT2D eigenvalue weighted by atomic mass is 79.9. The van der Waals surface area contributed by atoms with Gasteiger partial charge in [0.1, 0.15) is 0 Å². The first kappa shape index (κ1) is 11.7. The maximum Gasteiger partial charge on any atom is 0.335 e. The maximum atomic E-state index is 10.9. The lowest BCUT2D eigenvalue weighted by Crippen LogP contribution is -2.04. The summed E-state index contributed by atoms with van der Waals surface area (Å²) in [5.41, 5.74) is 3.40. The second-order valence-electron chi connectivity index (χ2n) is 2.95. The molecule has 0 aliphatic carbocycles. The molecule has 1 aromatic rings. The van der Waals surface area contributed by atoms with E-state index in [0.717, 1.165) is 22.0 Å². The van der Waals surface area contributed by atoms with E-state index >= 15 is 0 Å². The van der Waals surface area contributed by atoms with Gasteiger partial charge in [-0.1, -0.05) is 37.9 Å². The average molecular weight is 322 g/mol. The van der Waals surface area contributed by atoms with Crippen molar-refractivity contribution in [2.24, 2.45) is 0 Å². The van der Waals surface area contributed by atoms with Crippen LogP contribution >= 0.6 is 31.9 Å². The number of halogens is 2. The number of carbonyl (C=O) groups is 1. The van der Waals surface area contributed by atoms with Gasteiger partial charge in [0.05, 0.1) is 5.56 Å². The second-order valence-corrected chi connectivity index (χ2v) is 4.07. The van der Waals surface area contributed by atoms with Gasteiger partial charge in [-0.25, -0.2) is 4.79 Å². The van der Waals surface area contributed by atoms with Gasteiger partial charge in [-0.3, -0.25) is 0 Å². The van der Waals surface area contributed by atoms with Gasteiger partial charge < -0.3 is 5.11 Å². The minimum Gasteiger partial charge on any atom is -0.478 e. The molecule has 0 unspecified atom stereocenters. The fraction of sp³-hybridized carbons (Fsp3) is 0.300. The Hall–Kier alpha value is -0.350. The highest BCUT2D eigenvalue weighted by molar-refractivity contribution is 9.09. The SMILES string of the molecule is Cc1c(C(=O)O)ccc(CBr)c1CBr. The summed E-state index contributed by atoms with van der Waals surface area (Å²) in [7, 11) is 0. The van der Waals surface area contributed by atoms with Gasteiger partial charge in [0.15, 0.2) is 0 Å². The second kappa shape index (κ2) is 4.94. The van der Waals surface area contributed by atoms with E-state index < -0.39 is 5.97 Å². The van der Waals surface area contributed by atoms with Crippen LogP contribution in [0, 0.1) is 6.92 Å². The van der Waals surface area contributed by atoms with Crippen molar-refractivity contribution in [3.05, 3.63) is 34.4 Å². The molecule has 0 bridgehead atoms. The standard InChI is InChI=1S/C10H10Br2O2/c1-6-8(10(13)14)3-2-7(4-11)9(6)5-12/h2-3H,4-5H2,1H3,(H,13,14). The van der Waals surface area contributed by atoms with Gasteiger partial charge in [0.2, 0.25) is 0 Å². The molecule has 1 rings (SSSR count). The van der Waals surface area contributed by atoms with E-state index in [-0.39, 0.29) is 0 Å². The van der Waals surface area contributed by atoms with Crippen LogP contribution in [0.3, 0.4) is 0 Å². The van der Waals surface area contributed by atoms with E-state index in [1.807, 2.05) is 13.0 Å². The van der Waals surface area contributed by atoms with Crippen LogP contribution in [0.25, 0.3) is 0 Å². The predicted octanol–water partition coefficient (Wildman–Crippen LogP) is 3.48. The molecule has 0 aliphatic rings. The minimum absolute atomic E-state index is 0.379. The molecule has 2 nitrogen and oxygen atoms in total. The summed E-state index contributed by atoms with van der Waals surface area (Å²) in [6.45, 7) is 1.84. The molecule has 0 spiro atoms. The van der Waals surface area contributed by atoms with E-state index in [9.17, 15) is 4.79 Å². The Balaban J connectivity index is 3.34. The number of carboxylic acid groups (broad SMARTS) is 1. The Morgan fingerprint density at radius 2 is 2.00 bits per heavy atom. The van der Waals surface area contributed by atoms with Gasteiger partial charge >= 0.3 is 5.97 Å². The smallest absolute Gasteiger partial charge is 0.335 e. The molecule has 0 atom stereocenters. The third-order valence-corrected chi connectivity index (χ3v) is 3.37. The van der Waals surface area contributed by atoms with Crippen LogP contribution in [0.2, 0.25) is 0 Å². The van der Waals surface area contributed by atoms with E-state index in [4.69, 9.17) is 5.11 Å². The fourth-order valence-electron chi connectivity index (χ4n) is 1.36. The third kappa shape index (κ3) is 2.17. The first-order valence-corrected chi connectivity index (χ1v) is 6.32. The molecule has 14 heavy (non-hydrogen) atoms. The largest absolute Gasteiger partial charge is 0.478 e. The number of hydrogen-bond acceptors (Lipinski definition) is 1. The van der Waals surface area contributed by atoms with Gasteiger partial charge in [-0.15, -0.1) is 0 Å². The summed E-state index contributed by atoms with van der Waals surface area (Å²) in [4.78, 5) is 10.9. The normalized spacial score (nSPS) is 10.2. The summed E-state index contributed by atoms with van der Waals surface area (Å²) >= 11 is 6.75. The third-order valence-electron chi connectivity index (χ3n) is 2.20. The van der Waals surface area contributed by atoms with Crippen molar-refractivity contribution in [2.45, 2.75) is 17.6 Å². The van der Waals surface area contributed by atoms with Crippen molar-refractivity contribution in [1.29, 1.82) is 0 Å². The van der Waals surface area contributed by atoms with Crippen molar-refractivity contribution in [3.8, 4) is 0 Å². The number of alkyl halides is 2. The first-order chi connectivity index (χ1) is 6.61. The molecule has 0 amide bonds. The van der Waals surface area contributed by atoms with Crippen LogP contribution in [-0.4, -0.2) is 11.1 Å². The molecular weight excluding hydrogens is 312 g/mol. The number of rotatable bonds is 3. The number of benzene rings is 1. The molecule has 0 saturated heterocycles. The molecule has 0 aromatic heterocycles. The Morgan fingerprint density at radius 3 is 2.43 bits per heavy atom. The lowest BCUT2D eigenvalue weighted by molar-refractivity contribution is 0.0696. The summed E-state index contributed by atoms with van der Waals surface area (Å²) < 4.78 is 0. The minimum atomic E-state index is -0.870. The molecule has 76 valence electrons. The maximum absolute atomic E-state index is 10.9. The quantitative estimate of drug-likeness (QED) is 0.865. The molecule has 4 heteroatoms. The van der Waals surface area contributed by atoms with Crippen LogP contribution < -0.4 is 0 Å². The predicted molar refractivity (Wildman–Crippen MR) is 63.4 cm³/mol. The lowest BCUT2D eigenvalue weighted by atomic mass is 9.99. The molecule has 1 aromatic carbocycles. The molecule has 0 radical (unpaired) electrons. The number of carboxylic acids is 1. The molecule has 0 heterocycles. The molecule has 0 saturated carbocycles. The van der Waals surface area contributed by atoms with Crippen molar-refractivity contribution in [1.82, 2.24) is 0 Å².